The molecule has 0 aliphatic heterocycles. The quantitative estimate of drug-likeness (QED) is 0.595. The van der Waals surface area contributed by atoms with Gasteiger partial charge in [-0.2, -0.15) is 0 Å². The summed E-state index contributed by atoms with van der Waals surface area (Å²) in [5, 5.41) is 6.17. The fraction of sp³-hybridized carbons (Fsp3) is 0.190. The summed E-state index contributed by atoms with van der Waals surface area (Å²) in [5.74, 6) is -4.81. The van der Waals surface area contributed by atoms with Crippen molar-refractivity contribution in [3.8, 4) is 0 Å². The molecule has 0 saturated heterocycles. The molecule has 0 fully saturated rings. The minimum absolute atomic E-state index is 0.115. The van der Waals surface area contributed by atoms with E-state index in [1.807, 2.05) is 54.0 Å². The molecule has 1 amide bonds. The number of quaternary nitrogens is 1. The third kappa shape index (κ3) is 4.43. The largest absolute Gasteiger partial charge is 0.326 e. The molecular formula is C21H20F3N2OS+. The number of halogens is 3. The van der Waals surface area contributed by atoms with E-state index in [4.69, 9.17) is 0 Å². The van der Waals surface area contributed by atoms with E-state index in [-0.39, 0.29) is 11.7 Å². The fourth-order valence-electron chi connectivity index (χ4n) is 2.86. The Morgan fingerprint density at radius 3 is 2.39 bits per heavy atom. The lowest BCUT2D eigenvalue weighted by Gasteiger charge is -2.20. The smallest absolute Gasteiger partial charge is 0.282 e. The number of anilines is 1. The molecule has 0 aliphatic rings. The van der Waals surface area contributed by atoms with Crippen molar-refractivity contribution in [3.63, 3.8) is 0 Å². The highest BCUT2D eigenvalue weighted by atomic mass is 32.1. The van der Waals surface area contributed by atoms with Crippen LogP contribution in [-0.4, -0.2) is 11.9 Å². The third-order valence-corrected chi connectivity index (χ3v) is 5.43. The van der Waals surface area contributed by atoms with Gasteiger partial charge in [-0.15, -0.1) is 11.3 Å². The van der Waals surface area contributed by atoms with Gasteiger partial charge in [-0.25, -0.2) is 13.2 Å². The minimum atomic E-state index is -1.61. The first-order valence-electron chi connectivity index (χ1n) is 8.76. The lowest BCUT2D eigenvalue weighted by Crippen LogP contribution is -2.92. The molecule has 3 aromatic rings. The van der Waals surface area contributed by atoms with Gasteiger partial charge in [0.05, 0.1) is 10.6 Å². The molecular weight excluding hydrogens is 385 g/mol. The van der Waals surface area contributed by atoms with Gasteiger partial charge in [-0.1, -0.05) is 35.9 Å². The lowest BCUT2D eigenvalue weighted by molar-refractivity contribution is -0.703. The molecule has 0 unspecified atom stereocenters. The molecule has 0 radical (unpaired) electrons. The third-order valence-electron chi connectivity index (χ3n) is 4.47. The average Bonchev–Trinajstić information content (AvgIpc) is 3.21. The molecule has 0 aliphatic carbocycles. The zero-order chi connectivity index (χ0) is 20.3. The highest BCUT2D eigenvalue weighted by molar-refractivity contribution is 7.10. The Labute approximate surface area is 165 Å². The van der Waals surface area contributed by atoms with Gasteiger partial charge in [-0.3, -0.25) is 4.79 Å². The number of rotatable bonds is 6. The zero-order valence-corrected chi connectivity index (χ0v) is 16.2. The number of hydrogen-bond donors (Lipinski definition) is 2. The van der Waals surface area contributed by atoms with E-state index in [0.29, 0.717) is 0 Å². The summed E-state index contributed by atoms with van der Waals surface area (Å²) >= 11 is 1.58. The van der Waals surface area contributed by atoms with E-state index in [2.05, 4.69) is 5.32 Å². The van der Waals surface area contributed by atoms with Crippen molar-refractivity contribution in [1.82, 2.24) is 0 Å². The number of benzene rings is 2. The van der Waals surface area contributed by atoms with Gasteiger partial charge < -0.3 is 10.6 Å². The van der Waals surface area contributed by atoms with Crippen molar-refractivity contribution in [1.29, 1.82) is 0 Å². The Bertz CT molecular complexity index is 959. The topological polar surface area (TPSA) is 45.7 Å². The summed E-state index contributed by atoms with van der Waals surface area (Å²) in [4.78, 5) is 13.6. The summed E-state index contributed by atoms with van der Waals surface area (Å²) in [5.41, 5.74) is 1.78. The average molecular weight is 405 g/mol. The molecule has 3 N–H and O–H groups in total. The van der Waals surface area contributed by atoms with E-state index in [0.717, 1.165) is 28.1 Å². The number of carbonyl (C=O) groups excluding carboxylic acids is 1. The summed E-state index contributed by atoms with van der Waals surface area (Å²) in [7, 11) is 0. The monoisotopic (exact) mass is 405 g/mol. The number of nitrogens with two attached hydrogens (primary N) is 1. The molecule has 7 heteroatoms. The van der Waals surface area contributed by atoms with E-state index in [9.17, 15) is 18.0 Å². The lowest BCUT2D eigenvalue weighted by atomic mass is 10.0. The maximum absolute atomic E-state index is 13.8. The van der Waals surface area contributed by atoms with Crippen molar-refractivity contribution in [2.75, 3.05) is 5.32 Å². The van der Waals surface area contributed by atoms with Crippen molar-refractivity contribution < 1.29 is 23.3 Å². The van der Waals surface area contributed by atoms with Crippen LogP contribution in [0, 0.1) is 24.4 Å². The number of carbonyl (C=O) groups is 1. The Balaban J connectivity index is 1.78. The molecule has 2 atom stereocenters. The normalized spacial score (nSPS) is 13.2. The Hall–Kier alpha value is -2.64. The van der Waals surface area contributed by atoms with Crippen molar-refractivity contribution in [2.24, 2.45) is 0 Å². The number of hydrogen-bond acceptors (Lipinski definition) is 2. The van der Waals surface area contributed by atoms with Crippen LogP contribution in [0.1, 0.15) is 29.0 Å². The molecule has 0 saturated carbocycles. The molecule has 0 spiro atoms. The summed E-state index contributed by atoms with van der Waals surface area (Å²) in [6, 6.07) is 13.0. The first-order chi connectivity index (χ1) is 13.4. The van der Waals surface area contributed by atoms with Crippen LogP contribution in [0.25, 0.3) is 0 Å². The first-order valence-corrected chi connectivity index (χ1v) is 9.64. The first kappa shape index (κ1) is 20.1. The zero-order valence-electron chi connectivity index (χ0n) is 15.4. The van der Waals surface area contributed by atoms with Crippen LogP contribution in [0.2, 0.25) is 0 Å². The highest BCUT2D eigenvalue weighted by Crippen LogP contribution is 2.24. The predicted molar refractivity (Wildman–Crippen MR) is 104 cm³/mol. The Kier molecular flexibility index (Phi) is 6.16. The van der Waals surface area contributed by atoms with Gasteiger partial charge in [0.1, 0.15) is 6.04 Å². The molecule has 3 rings (SSSR count). The van der Waals surface area contributed by atoms with Gasteiger partial charge in [0.15, 0.2) is 23.5 Å². The maximum Gasteiger partial charge on any atom is 0.282 e. The van der Waals surface area contributed by atoms with Gasteiger partial charge >= 0.3 is 0 Å². The molecule has 1 aromatic heterocycles. The number of amides is 1. The summed E-state index contributed by atoms with van der Waals surface area (Å²) < 4.78 is 40.3. The van der Waals surface area contributed by atoms with Crippen LogP contribution >= 0.6 is 11.3 Å². The van der Waals surface area contributed by atoms with E-state index < -0.39 is 29.4 Å². The van der Waals surface area contributed by atoms with Crippen molar-refractivity contribution in [2.45, 2.75) is 25.9 Å². The van der Waals surface area contributed by atoms with Gasteiger partial charge in [0, 0.05) is 5.56 Å². The second kappa shape index (κ2) is 8.58. The van der Waals surface area contributed by atoms with Gasteiger partial charge in [-0.05, 0) is 37.4 Å². The predicted octanol–water partition coefficient (Wildman–Crippen LogP) is 4.15. The second-order valence-corrected chi connectivity index (χ2v) is 7.58. The van der Waals surface area contributed by atoms with Crippen LogP contribution in [-0.2, 0) is 4.79 Å². The molecule has 3 nitrogen and oxygen atoms in total. The van der Waals surface area contributed by atoms with Crippen molar-refractivity contribution >= 4 is 22.9 Å². The Morgan fingerprint density at radius 1 is 1.04 bits per heavy atom. The number of aryl methyl sites for hydroxylation is 1. The van der Waals surface area contributed by atoms with Crippen molar-refractivity contribution in [3.05, 3.63) is 87.4 Å². The van der Waals surface area contributed by atoms with Crippen LogP contribution < -0.4 is 10.6 Å². The van der Waals surface area contributed by atoms with E-state index >= 15 is 0 Å². The van der Waals surface area contributed by atoms with Crippen LogP contribution in [0.15, 0.2) is 53.9 Å². The Morgan fingerprint density at radius 2 is 1.75 bits per heavy atom. The number of nitrogens with one attached hydrogen (secondary N) is 1. The number of thiophene rings is 1. The molecule has 146 valence electrons. The van der Waals surface area contributed by atoms with Gasteiger partial charge in [0.2, 0.25) is 0 Å². The minimum Gasteiger partial charge on any atom is -0.326 e. The summed E-state index contributed by atoms with van der Waals surface area (Å²) in [6.07, 6.45) is 0. The van der Waals surface area contributed by atoms with Gasteiger partial charge in [0.25, 0.3) is 5.91 Å². The van der Waals surface area contributed by atoms with Crippen LogP contribution in [0.4, 0.5) is 18.9 Å². The van der Waals surface area contributed by atoms with Crippen LogP contribution in [0.3, 0.4) is 0 Å². The molecule has 0 bridgehead atoms. The molecule has 28 heavy (non-hydrogen) atoms. The molecule has 1 heterocycles. The fourth-order valence-corrected chi connectivity index (χ4v) is 3.69. The second-order valence-electron chi connectivity index (χ2n) is 6.60. The SMILES string of the molecule is Cc1ccc([C@H]([NH2+][C@H](C)C(=O)Nc2ccc(F)c(F)c2F)c2cccs2)cc1. The van der Waals surface area contributed by atoms with Crippen LogP contribution in [0.5, 0.6) is 0 Å². The maximum atomic E-state index is 13.8. The highest BCUT2D eigenvalue weighted by Gasteiger charge is 2.26. The van der Waals surface area contributed by atoms with E-state index in [1.165, 1.54) is 0 Å². The summed E-state index contributed by atoms with van der Waals surface area (Å²) in [6.45, 7) is 3.68. The molecule has 2 aromatic carbocycles. The standard InChI is InChI=1S/C21H19F3N2OS/c1-12-5-7-14(8-6-12)20(17-4-3-11-28-17)25-13(2)21(27)26-16-10-9-15(22)18(23)19(16)24/h3-11,13,20,25H,1-2H3,(H,26,27)/p+1/t13-,20+/m1/s1. The van der Waals surface area contributed by atoms with E-state index in [1.54, 1.807) is 18.3 Å².